The van der Waals surface area contributed by atoms with Crippen LogP contribution in [0.25, 0.3) is 0 Å². The Labute approximate surface area is 83.5 Å². The zero-order valence-electron chi connectivity index (χ0n) is 7.54. The van der Waals surface area contributed by atoms with Gasteiger partial charge in [-0.2, -0.15) is 0 Å². The molecule has 2 heterocycles. The zero-order chi connectivity index (χ0) is 9.10. The quantitative estimate of drug-likeness (QED) is 0.676. The first-order valence-electron chi connectivity index (χ1n) is 4.66. The van der Waals surface area contributed by atoms with Crippen molar-refractivity contribution < 1.29 is 0 Å². The second-order valence-electron chi connectivity index (χ2n) is 3.31. The fraction of sp³-hybridized carbons (Fsp3) is 0.500. The summed E-state index contributed by atoms with van der Waals surface area (Å²) in [5.41, 5.74) is 1.14. The lowest BCUT2D eigenvalue weighted by Gasteiger charge is -2.18. The molecule has 1 aromatic heterocycles. The lowest BCUT2D eigenvalue weighted by atomic mass is 10.3. The van der Waals surface area contributed by atoms with Gasteiger partial charge < -0.3 is 4.90 Å². The molecule has 1 fully saturated rings. The number of alkyl halides is 1. The van der Waals surface area contributed by atoms with Crippen molar-refractivity contribution >= 4 is 17.4 Å². The summed E-state index contributed by atoms with van der Waals surface area (Å²) in [5.74, 6) is 1.63. The molecule has 0 spiro atoms. The summed E-state index contributed by atoms with van der Waals surface area (Å²) < 4.78 is 0. The van der Waals surface area contributed by atoms with Crippen LogP contribution < -0.4 is 4.90 Å². The Morgan fingerprint density at radius 1 is 1.38 bits per heavy atom. The van der Waals surface area contributed by atoms with Gasteiger partial charge in [0.2, 0.25) is 0 Å². The third-order valence-electron chi connectivity index (χ3n) is 2.42. The molecule has 0 bridgehead atoms. The van der Waals surface area contributed by atoms with Crippen molar-refractivity contribution in [3.63, 3.8) is 0 Å². The van der Waals surface area contributed by atoms with Crippen LogP contribution in [0.2, 0.25) is 0 Å². The minimum absolute atomic E-state index is 0.555. The van der Waals surface area contributed by atoms with E-state index in [9.17, 15) is 0 Å². The molecule has 1 aliphatic heterocycles. The van der Waals surface area contributed by atoms with Crippen molar-refractivity contribution in [1.82, 2.24) is 4.98 Å². The second kappa shape index (κ2) is 3.97. The van der Waals surface area contributed by atoms with E-state index in [1.165, 1.54) is 12.8 Å². The largest absolute Gasteiger partial charge is 0.356 e. The van der Waals surface area contributed by atoms with Crippen LogP contribution >= 0.6 is 11.6 Å². The number of aromatic nitrogens is 1. The molecule has 0 aliphatic carbocycles. The molecule has 70 valence electrons. The van der Waals surface area contributed by atoms with E-state index in [0.29, 0.717) is 5.88 Å². The summed E-state index contributed by atoms with van der Waals surface area (Å²) in [6.07, 6.45) is 4.39. The van der Waals surface area contributed by atoms with Crippen LogP contribution in [0, 0.1) is 0 Å². The van der Waals surface area contributed by atoms with Crippen molar-refractivity contribution in [3.05, 3.63) is 23.9 Å². The van der Waals surface area contributed by atoms with E-state index < -0.39 is 0 Å². The third kappa shape index (κ3) is 1.78. The Kier molecular flexibility index (Phi) is 2.69. The van der Waals surface area contributed by atoms with E-state index in [2.05, 4.69) is 9.88 Å². The topological polar surface area (TPSA) is 16.1 Å². The summed E-state index contributed by atoms with van der Waals surface area (Å²) in [6.45, 7) is 2.25. The van der Waals surface area contributed by atoms with Gasteiger partial charge in [-0.15, -0.1) is 11.6 Å². The van der Waals surface area contributed by atoms with Crippen molar-refractivity contribution in [1.29, 1.82) is 0 Å². The van der Waals surface area contributed by atoms with Crippen molar-refractivity contribution in [2.45, 2.75) is 18.7 Å². The van der Waals surface area contributed by atoms with Crippen LogP contribution in [0.1, 0.15) is 18.4 Å². The molecule has 2 nitrogen and oxygen atoms in total. The number of hydrogen-bond donors (Lipinski definition) is 0. The van der Waals surface area contributed by atoms with E-state index in [-0.39, 0.29) is 0 Å². The highest BCUT2D eigenvalue weighted by atomic mass is 35.5. The first-order chi connectivity index (χ1) is 6.42. The minimum Gasteiger partial charge on any atom is -0.356 e. The number of hydrogen-bond acceptors (Lipinski definition) is 2. The van der Waals surface area contributed by atoms with E-state index in [4.69, 9.17) is 11.6 Å². The van der Waals surface area contributed by atoms with Gasteiger partial charge in [-0.05, 0) is 18.9 Å². The van der Waals surface area contributed by atoms with Gasteiger partial charge >= 0.3 is 0 Å². The lowest BCUT2D eigenvalue weighted by molar-refractivity contribution is 0.926. The highest BCUT2D eigenvalue weighted by molar-refractivity contribution is 6.17. The monoisotopic (exact) mass is 196 g/mol. The van der Waals surface area contributed by atoms with Crippen molar-refractivity contribution in [2.24, 2.45) is 0 Å². The van der Waals surface area contributed by atoms with E-state index >= 15 is 0 Å². The molecule has 0 unspecified atom stereocenters. The molecule has 0 aromatic carbocycles. The van der Waals surface area contributed by atoms with Crippen LogP contribution in [0.4, 0.5) is 5.82 Å². The van der Waals surface area contributed by atoms with Crippen molar-refractivity contribution in [3.8, 4) is 0 Å². The highest BCUT2D eigenvalue weighted by Gasteiger charge is 2.15. The molecule has 0 amide bonds. The average Bonchev–Trinajstić information content (AvgIpc) is 2.70. The number of pyridine rings is 1. The molecule has 3 heteroatoms. The van der Waals surface area contributed by atoms with Gasteiger partial charge in [0.1, 0.15) is 5.82 Å². The molecule has 0 radical (unpaired) electrons. The molecular formula is C10H13ClN2. The second-order valence-corrected chi connectivity index (χ2v) is 3.58. The molecule has 1 saturated heterocycles. The Morgan fingerprint density at radius 3 is 2.85 bits per heavy atom. The summed E-state index contributed by atoms with van der Waals surface area (Å²) in [7, 11) is 0. The first-order valence-corrected chi connectivity index (χ1v) is 5.20. The number of rotatable bonds is 2. The van der Waals surface area contributed by atoms with Gasteiger partial charge in [-0.1, -0.05) is 6.07 Å². The molecule has 0 atom stereocenters. The van der Waals surface area contributed by atoms with Gasteiger partial charge in [-0.25, -0.2) is 4.98 Å². The molecule has 2 rings (SSSR count). The predicted molar refractivity (Wildman–Crippen MR) is 55.2 cm³/mol. The molecule has 13 heavy (non-hydrogen) atoms. The predicted octanol–water partition coefficient (Wildman–Crippen LogP) is 2.42. The van der Waals surface area contributed by atoms with Crippen molar-refractivity contribution in [2.75, 3.05) is 18.0 Å². The maximum absolute atomic E-state index is 5.84. The summed E-state index contributed by atoms with van der Waals surface area (Å²) in [6, 6.07) is 3.99. The standard InChI is InChI=1S/C10H13ClN2/c11-8-9-4-3-5-12-10(9)13-6-1-2-7-13/h3-5H,1-2,6-8H2. The fourth-order valence-corrected chi connectivity index (χ4v) is 1.96. The average molecular weight is 197 g/mol. The molecule has 0 saturated carbocycles. The maximum atomic E-state index is 5.84. The van der Waals surface area contributed by atoms with Gasteiger partial charge in [0.25, 0.3) is 0 Å². The van der Waals surface area contributed by atoms with Gasteiger partial charge in [0.15, 0.2) is 0 Å². The van der Waals surface area contributed by atoms with Gasteiger partial charge in [-0.3, -0.25) is 0 Å². The fourth-order valence-electron chi connectivity index (χ4n) is 1.75. The minimum atomic E-state index is 0.555. The molecule has 0 N–H and O–H groups in total. The Bertz CT molecular complexity index is 282. The van der Waals surface area contributed by atoms with Crippen LogP contribution in [0.3, 0.4) is 0 Å². The molecular weight excluding hydrogens is 184 g/mol. The number of anilines is 1. The lowest BCUT2D eigenvalue weighted by Crippen LogP contribution is -2.20. The molecule has 1 aromatic rings. The van der Waals surface area contributed by atoms with E-state index in [0.717, 1.165) is 24.5 Å². The highest BCUT2D eigenvalue weighted by Crippen LogP contribution is 2.22. The van der Waals surface area contributed by atoms with E-state index in [1.807, 2.05) is 18.3 Å². The third-order valence-corrected chi connectivity index (χ3v) is 2.71. The summed E-state index contributed by atoms with van der Waals surface area (Å²) in [4.78, 5) is 6.69. The summed E-state index contributed by atoms with van der Waals surface area (Å²) in [5, 5.41) is 0. The van der Waals surface area contributed by atoms with E-state index in [1.54, 1.807) is 0 Å². The zero-order valence-corrected chi connectivity index (χ0v) is 8.30. The summed E-state index contributed by atoms with van der Waals surface area (Å²) >= 11 is 5.84. The Balaban J connectivity index is 2.26. The Morgan fingerprint density at radius 2 is 2.15 bits per heavy atom. The molecule has 1 aliphatic rings. The first kappa shape index (κ1) is 8.82. The number of nitrogens with zero attached hydrogens (tertiary/aromatic N) is 2. The van der Waals surface area contributed by atoms with Crippen LogP contribution in [0.5, 0.6) is 0 Å². The number of halogens is 1. The van der Waals surface area contributed by atoms with Crippen LogP contribution in [-0.4, -0.2) is 18.1 Å². The van der Waals surface area contributed by atoms with Gasteiger partial charge in [0.05, 0.1) is 5.88 Å². The smallest absolute Gasteiger partial charge is 0.132 e. The van der Waals surface area contributed by atoms with Crippen LogP contribution in [-0.2, 0) is 5.88 Å². The SMILES string of the molecule is ClCc1cccnc1N1CCCC1. The Hall–Kier alpha value is -0.760. The van der Waals surface area contributed by atoms with Crippen LogP contribution in [0.15, 0.2) is 18.3 Å². The van der Waals surface area contributed by atoms with Gasteiger partial charge in [0, 0.05) is 24.8 Å². The maximum Gasteiger partial charge on any atom is 0.132 e. The normalized spacial score (nSPS) is 16.5.